The van der Waals surface area contributed by atoms with Gasteiger partial charge in [0.1, 0.15) is 11.6 Å². The molecule has 3 N–H and O–H groups in total. The minimum absolute atomic E-state index is 0.189. The molecule has 0 saturated carbocycles. The molecule has 6 heteroatoms. The Morgan fingerprint density at radius 3 is 2.76 bits per heavy atom. The molecule has 6 nitrogen and oxygen atoms in total. The van der Waals surface area contributed by atoms with Gasteiger partial charge in [0.15, 0.2) is 0 Å². The highest BCUT2D eigenvalue weighted by Crippen LogP contribution is 2.24. The molecule has 2 aliphatic rings. The molecule has 17 heavy (non-hydrogen) atoms. The second-order valence-electron chi connectivity index (χ2n) is 4.81. The predicted octanol–water partition coefficient (Wildman–Crippen LogP) is -0.430. The van der Waals surface area contributed by atoms with Gasteiger partial charge in [0.05, 0.1) is 6.61 Å². The van der Waals surface area contributed by atoms with Gasteiger partial charge in [-0.15, -0.1) is 0 Å². The van der Waals surface area contributed by atoms with E-state index in [1.54, 1.807) is 0 Å². The van der Waals surface area contributed by atoms with Gasteiger partial charge in [0, 0.05) is 13.2 Å². The van der Waals surface area contributed by atoms with Gasteiger partial charge in [0.2, 0.25) is 5.91 Å². The van der Waals surface area contributed by atoms with E-state index in [4.69, 9.17) is 15.6 Å². The van der Waals surface area contributed by atoms with Crippen LogP contribution in [-0.2, 0) is 14.3 Å². The van der Waals surface area contributed by atoms with Crippen molar-refractivity contribution in [3.63, 3.8) is 0 Å². The van der Waals surface area contributed by atoms with E-state index in [1.807, 2.05) is 0 Å². The number of ether oxygens (including phenoxy) is 1. The molecule has 2 saturated heterocycles. The molecule has 0 spiro atoms. The lowest BCUT2D eigenvalue weighted by atomic mass is 9.94. The number of amides is 1. The molecule has 96 valence electrons. The topological polar surface area (TPSA) is 92.9 Å². The third-order valence-electron chi connectivity index (χ3n) is 3.53. The Kier molecular flexibility index (Phi) is 3.35. The van der Waals surface area contributed by atoms with Crippen LogP contribution in [0.2, 0.25) is 0 Å². The second-order valence-corrected chi connectivity index (χ2v) is 4.81. The van der Waals surface area contributed by atoms with E-state index in [9.17, 15) is 9.59 Å². The molecule has 2 heterocycles. The molecule has 2 atom stereocenters. The van der Waals surface area contributed by atoms with Crippen LogP contribution in [0.3, 0.4) is 0 Å². The van der Waals surface area contributed by atoms with Crippen molar-refractivity contribution in [1.82, 2.24) is 4.90 Å². The maximum absolute atomic E-state index is 12.3. The van der Waals surface area contributed by atoms with Gasteiger partial charge in [-0.2, -0.15) is 0 Å². The number of carboxylic acids is 1. The normalized spacial score (nSPS) is 33.7. The highest BCUT2D eigenvalue weighted by molar-refractivity contribution is 5.90. The summed E-state index contributed by atoms with van der Waals surface area (Å²) in [5, 5.41) is 9.12. The first-order chi connectivity index (χ1) is 8.04. The maximum Gasteiger partial charge on any atom is 0.326 e. The summed E-state index contributed by atoms with van der Waals surface area (Å²) in [6.45, 7) is 1.14. The monoisotopic (exact) mass is 242 g/mol. The summed E-state index contributed by atoms with van der Waals surface area (Å²) in [5.74, 6) is -1.22. The number of likely N-dealkylation sites (tertiary alicyclic amines) is 1. The average molecular weight is 242 g/mol. The zero-order chi connectivity index (χ0) is 12.5. The fourth-order valence-corrected chi connectivity index (χ4v) is 2.47. The van der Waals surface area contributed by atoms with Crippen LogP contribution in [0.25, 0.3) is 0 Å². The molecule has 0 aromatic carbocycles. The van der Waals surface area contributed by atoms with Crippen LogP contribution in [0.5, 0.6) is 0 Å². The molecule has 1 amide bonds. The van der Waals surface area contributed by atoms with Gasteiger partial charge in [0.25, 0.3) is 0 Å². The van der Waals surface area contributed by atoms with Gasteiger partial charge in [-0.25, -0.2) is 4.79 Å². The molecule has 0 radical (unpaired) electrons. The Morgan fingerprint density at radius 1 is 1.41 bits per heavy atom. The average Bonchev–Trinajstić information content (AvgIpc) is 2.76. The number of hydrogen-bond donors (Lipinski definition) is 2. The first kappa shape index (κ1) is 12.3. The molecule has 0 aliphatic carbocycles. The van der Waals surface area contributed by atoms with Crippen molar-refractivity contribution in [2.75, 3.05) is 19.8 Å². The Bertz CT molecular complexity index is 325. The zero-order valence-corrected chi connectivity index (χ0v) is 9.72. The van der Waals surface area contributed by atoms with Crippen molar-refractivity contribution >= 4 is 11.9 Å². The van der Waals surface area contributed by atoms with Crippen LogP contribution in [0.15, 0.2) is 0 Å². The largest absolute Gasteiger partial charge is 0.480 e. The SMILES string of the molecule is NC1(C(=O)N2CCCC[C@H]2C(=O)O)CCOC1. The van der Waals surface area contributed by atoms with Gasteiger partial charge >= 0.3 is 5.97 Å². The third-order valence-corrected chi connectivity index (χ3v) is 3.53. The van der Waals surface area contributed by atoms with E-state index in [2.05, 4.69) is 0 Å². The van der Waals surface area contributed by atoms with E-state index in [0.29, 0.717) is 26.0 Å². The quantitative estimate of drug-likeness (QED) is 0.685. The maximum atomic E-state index is 12.3. The molecular formula is C11H18N2O4. The van der Waals surface area contributed by atoms with Crippen molar-refractivity contribution in [1.29, 1.82) is 0 Å². The molecule has 0 bridgehead atoms. The number of rotatable bonds is 2. The van der Waals surface area contributed by atoms with Gasteiger partial charge in [-0.05, 0) is 25.7 Å². The molecule has 2 fully saturated rings. The lowest BCUT2D eigenvalue weighted by Gasteiger charge is -2.37. The first-order valence-electron chi connectivity index (χ1n) is 5.95. The van der Waals surface area contributed by atoms with Crippen LogP contribution in [0.4, 0.5) is 0 Å². The minimum atomic E-state index is -1.02. The lowest BCUT2D eigenvalue weighted by Crippen LogP contribution is -2.60. The number of nitrogens with zero attached hydrogens (tertiary/aromatic N) is 1. The summed E-state index contributed by atoms with van der Waals surface area (Å²) in [5.41, 5.74) is 4.96. The Hall–Kier alpha value is -1.14. The summed E-state index contributed by atoms with van der Waals surface area (Å²) < 4.78 is 5.15. The molecule has 0 aromatic heterocycles. The van der Waals surface area contributed by atoms with Crippen LogP contribution in [-0.4, -0.2) is 53.2 Å². The fraction of sp³-hybridized carbons (Fsp3) is 0.818. The van der Waals surface area contributed by atoms with Crippen molar-refractivity contribution in [2.45, 2.75) is 37.3 Å². The van der Waals surface area contributed by atoms with Crippen molar-refractivity contribution in [3.05, 3.63) is 0 Å². The van der Waals surface area contributed by atoms with Crippen LogP contribution < -0.4 is 5.73 Å². The van der Waals surface area contributed by atoms with Crippen LogP contribution in [0.1, 0.15) is 25.7 Å². The number of hydrogen-bond acceptors (Lipinski definition) is 4. The molecule has 0 aromatic rings. The van der Waals surface area contributed by atoms with E-state index < -0.39 is 17.6 Å². The summed E-state index contributed by atoms with van der Waals surface area (Å²) in [6.07, 6.45) is 2.66. The molecular weight excluding hydrogens is 224 g/mol. The number of aliphatic carboxylic acids is 1. The smallest absolute Gasteiger partial charge is 0.326 e. The van der Waals surface area contributed by atoms with Gasteiger partial charge in [-0.1, -0.05) is 0 Å². The first-order valence-corrected chi connectivity index (χ1v) is 5.95. The predicted molar refractivity (Wildman–Crippen MR) is 59.3 cm³/mol. The standard InChI is InChI=1S/C11H18N2O4/c12-11(4-6-17-7-11)10(16)13-5-2-1-3-8(13)9(14)15/h8H,1-7,12H2,(H,14,15)/t8-,11?/m0/s1. The van der Waals surface area contributed by atoms with Crippen molar-refractivity contribution in [3.8, 4) is 0 Å². The summed E-state index contributed by atoms with van der Waals surface area (Å²) in [7, 11) is 0. The lowest BCUT2D eigenvalue weighted by molar-refractivity contribution is -0.154. The molecule has 1 unspecified atom stereocenters. The highest BCUT2D eigenvalue weighted by atomic mass is 16.5. The Labute approximate surface area is 99.7 Å². The fourth-order valence-electron chi connectivity index (χ4n) is 2.47. The van der Waals surface area contributed by atoms with Crippen molar-refractivity contribution < 1.29 is 19.4 Å². The summed E-state index contributed by atoms with van der Waals surface area (Å²) in [6, 6.07) is -0.725. The van der Waals surface area contributed by atoms with Crippen LogP contribution in [0, 0.1) is 0 Å². The van der Waals surface area contributed by atoms with Gasteiger partial charge in [-0.3, -0.25) is 4.79 Å². The Balaban J connectivity index is 2.13. The zero-order valence-electron chi connectivity index (χ0n) is 9.72. The van der Waals surface area contributed by atoms with Crippen molar-refractivity contribution in [2.24, 2.45) is 5.73 Å². The van der Waals surface area contributed by atoms with Crippen LogP contribution >= 0.6 is 0 Å². The minimum Gasteiger partial charge on any atom is -0.480 e. The number of nitrogens with two attached hydrogens (primary N) is 1. The van der Waals surface area contributed by atoms with E-state index >= 15 is 0 Å². The van der Waals surface area contributed by atoms with Gasteiger partial charge < -0.3 is 20.5 Å². The second kappa shape index (κ2) is 4.62. The Morgan fingerprint density at radius 2 is 2.18 bits per heavy atom. The summed E-state index contributed by atoms with van der Waals surface area (Å²) in [4.78, 5) is 24.8. The number of piperidine rings is 1. The number of carbonyl (C=O) groups excluding carboxylic acids is 1. The number of carboxylic acid groups (broad SMARTS) is 1. The summed E-state index contributed by atoms with van der Waals surface area (Å²) >= 11 is 0. The number of carbonyl (C=O) groups is 2. The molecule has 2 rings (SSSR count). The molecule has 2 aliphatic heterocycles. The van der Waals surface area contributed by atoms with E-state index in [-0.39, 0.29) is 12.5 Å². The highest BCUT2D eigenvalue weighted by Gasteiger charge is 2.44. The third kappa shape index (κ3) is 2.28. The van der Waals surface area contributed by atoms with E-state index in [0.717, 1.165) is 12.8 Å². The van der Waals surface area contributed by atoms with E-state index in [1.165, 1.54) is 4.90 Å².